The number of carbonyl (C=O) groups excluding carboxylic acids is 1. The molecule has 1 amide bonds. The molecule has 0 aliphatic heterocycles. The molecule has 0 atom stereocenters. The molecule has 0 saturated heterocycles. The Morgan fingerprint density at radius 1 is 1.18 bits per heavy atom. The Hall–Kier alpha value is -0.520. The molecular weight excluding hydrogens is 363 g/mol. The molecule has 1 aromatic carbocycles. The van der Waals surface area contributed by atoms with Gasteiger partial charge in [0.15, 0.2) is 0 Å². The van der Waals surface area contributed by atoms with E-state index in [2.05, 4.69) is 5.32 Å². The van der Waals surface area contributed by atoms with Crippen LogP contribution in [0, 0.1) is 0 Å². The van der Waals surface area contributed by atoms with Gasteiger partial charge in [-0.15, -0.1) is 11.3 Å². The van der Waals surface area contributed by atoms with Crippen molar-refractivity contribution in [3.8, 4) is 0 Å². The average molecular weight is 378 g/mol. The SMILES string of the molecule is NC1CCC(NC(=O)c2sc3cc(Cl)cc(Cl)c3c2Cl)CC1. The van der Waals surface area contributed by atoms with Crippen molar-refractivity contribution in [2.45, 2.75) is 37.8 Å². The Labute approximate surface area is 147 Å². The van der Waals surface area contributed by atoms with Gasteiger partial charge in [-0.1, -0.05) is 34.8 Å². The molecule has 22 heavy (non-hydrogen) atoms. The number of amides is 1. The topological polar surface area (TPSA) is 55.1 Å². The minimum atomic E-state index is -0.154. The molecule has 1 aliphatic rings. The smallest absolute Gasteiger partial charge is 0.263 e. The van der Waals surface area contributed by atoms with E-state index in [1.807, 2.05) is 0 Å². The molecule has 3 rings (SSSR count). The Bertz CT molecular complexity index is 723. The van der Waals surface area contributed by atoms with Crippen LogP contribution in [-0.4, -0.2) is 18.0 Å². The van der Waals surface area contributed by atoms with Crippen LogP contribution in [0.2, 0.25) is 15.1 Å². The van der Waals surface area contributed by atoms with Crippen LogP contribution in [0.25, 0.3) is 10.1 Å². The van der Waals surface area contributed by atoms with Crippen LogP contribution in [0.15, 0.2) is 12.1 Å². The summed E-state index contributed by atoms with van der Waals surface area (Å²) in [6.45, 7) is 0. The van der Waals surface area contributed by atoms with Crippen LogP contribution in [0.5, 0.6) is 0 Å². The number of fused-ring (bicyclic) bond motifs is 1. The maximum absolute atomic E-state index is 12.5. The van der Waals surface area contributed by atoms with Crippen molar-refractivity contribution >= 4 is 62.1 Å². The molecule has 0 bridgehead atoms. The number of thiophene rings is 1. The summed E-state index contributed by atoms with van der Waals surface area (Å²) in [6.07, 6.45) is 3.68. The fraction of sp³-hybridized carbons (Fsp3) is 0.400. The molecule has 2 aromatic rings. The van der Waals surface area contributed by atoms with Crippen LogP contribution in [0.4, 0.5) is 0 Å². The molecule has 118 valence electrons. The summed E-state index contributed by atoms with van der Waals surface area (Å²) in [4.78, 5) is 13.0. The van der Waals surface area contributed by atoms with Crippen molar-refractivity contribution in [1.29, 1.82) is 0 Å². The van der Waals surface area contributed by atoms with Gasteiger partial charge in [0.1, 0.15) is 4.88 Å². The van der Waals surface area contributed by atoms with Gasteiger partial charge in [0, 0.05) is 27.2 Å². The second-order valence-electron chi connectivity index (χ2n) is 5.59. The molecule has 1 aliphatic carbocycles. The highest BCUT2D eigenvalue weighted by atomic mass is 35.5. The lowest BCUT2D eigenvalue weighted by molar-refractivity contribution is 0.0930. The number of rotatable bonds is 2. The second-order valence-corrected chi connectivity index (χ2v) is 7.86. The first kappa shape index (κ1) is 16.3. The van der Waals surface area contributed by atoms with E-state index in [-0.39, 0.29) is 18.0 Å². The third kappa shape index (κ3) is 3.22. The molecule has 1 saturated carbocycles. The molecule has 1 fully saturated rings. The highest BCUT2D eigenvalue weighted by Gasteiger charge is 2.24. The zero-order chi connectivity index (χ0) is 15.9. The molecule has 3 nitrogen and oxygen atoms in total. The normalized spacial score (nSPS) is 22.0. The minimum Gasteiger partial charge on any atom is -0.349 e. The number of carbonyl (C=O) groups is 1. The first-order valence-corrected chi connectivity index (χ1v) is 9.04. The van der Waals surface area contributed by atoms with Crippen LogP contribution < -0.4 is 11.1 Å². The Balaban J connectivity index is 1.85. The number of nitrogens with two attached hydrogens (primary N) is 1. The van der Waals surface area contributed by atoms with E-state index >= 15 is 0 Å². The van der Waals surface area contributed by atoms with Crippen molar-refractivity contribution in [1.82, 2.24) is 5.32 Å². The van der Waals surface area contributed by atoms with Gasteiger partial charge in [-0.05, 0) is 37.8 Å². The first-order chi connectivity index (χ1) is 10.5. The summed E-state index contributed by atoms with van der Waals surface area (Å²) in [6, 6.07) is 3.82. The molecule has 1 aromatic heterocycles. The third-order valence-electron chi connectivity index (χ3n) is 3.96. The van der Waals surface area contributed by atoms with Crippen molar-refractivity contribution in [2.24, 2.45) is 5.73 Å². The number of nitrogens with one attached hydrogen (secondary N) is 1. The zero-order valence-corrected chi connectivity index (χ0v) is 14.7. The Kier molecular flexibility index (Phi) is 4.86. The monoisotopic (exact) mass is 376 g/mol. The quantitative estimate of drug-likeness (QED) is 0.785. The number of halogens is 3. The largest absolute Gasteiger partial charge is 0.349 e. The van der Waals surface area contributed by atoms with Gasteiger partial charge in [-0.3, -0.25) is 4.79 Å². The van der Waals surface area contributed by atoms with Gasteiger partial charge < -0.3 is 11.1 Å². The Morgan fingerprint density at radius 2 is 1.86 bits per heavy atom. The highest BCUT2D eigenvalue weighted by Crippen LogP contribution is 2.41. The van der Waals surface area contributed by atoms with Crippen LogP contribution in [0.3, 0.4) is 0 Å². The van der Waals surface area contributed by atoms with Crippen molar-refractivity contribution in [3.63, 3.8) is 0 Å². The van der Waals surface area contributed by atoms with Crippen LogP contribution >= 0.6 is 46.1 Å². The van der Waals surface area contributed by atoms with Gasteiger partial charge in [-0.2, -0.15) is 0 Å². The summed E-state index contributed by atoms with van der Waals surface area (Å²) >= 11 is 19.9. The van der Waals surface area contributed by atoms with Gasteiger partial charge in [0.2, 0.25) is 0 Å². The molecular formula is C15H15Cl3N2OS. The zero-order valence-electron chi connectivity index (χ0n) is 11.7. The second kappa shape index (κ2) is 6.54. The van der Waals surface area contributed by atoms with E-state index < -0.39 is 0 Å². The molecule has 3 N–H and O–H groups in total. The third-order valence-corrected chi connectivity index (χ3v) is 6.10. The molecule has 0 spiro atoms. The summed E-state index contributed by atoms with van der Waals surface area (Å²) < 4.78 is 0.818. The number of hydrogen-bond acceptors (Lipinski definition) is 3. The van der Waals surface area contributed by atoms with E-state index in [0.29, 0.717) is 25.3 Å². The summed E-state index contributed by atoms with van der Waals surface area (Å²) in [5.41, 5.74) is 5.89. The molecule has 7 heteroatoms. The molecule has 0 radical (unpaired) electrons. The minimum absolute atomic E-state index is 0.154. The van der Waals surface area contributed by atoms with Crippen molar-refractivity contribution in [3.05, 3.63) is 32.1 Å². The summed E-state index contributed by atoms with van der Waals surface area (Å²) in [5.74, 6) is -0.154. The van der Waals surface area contributed by atoms with E-state index in [4.69, 9.17) is 40.5 Å². The lowest BCUT2D eigenvalue weighted by Gasteiger charge is -2.26. The van der Waals surface area contributed by atoms with E-state index in [1.165, 1.54) is 11.3 Å². The Morgan fingerprint density at radius 3 is 2.55 bits per heavy atom. The lowest BCUT2D eigenvalue weighted by atomic mass is 9.92. The standard InChI is InChI=1S/C15H15Cl3N2OS/c16-7-5-10(17)12-11(6-7)22-14(13(12)18)15(21)20-9-3-1-8(19)2-4-9/h5-6,8-9H,1-4,19H2,(H,20,21). The maximum atomic E-state index is 12.5. The average Bonchev–Trinajstić information content (AvgIpc) is 2.78. The van der Waals surface area contributed by atoms with Crippen LogP contribution in [-0.2, 0) is 0 Å². The van der Waals surface area contributed by atoms with Crippen molar-refractivity contribution < 1.29 is 4.79 Å². The van der Waals surface area contributed by atoms with Gasteiger partial charge in [0.25, 0.3) is 5.91 Å². The maximum Gasteiger partial charge on any atom is 0.263 e. The van der Waals surface area contributed by atoms with Gasteiger partial charge >= 0.3 is 0 Å². The molecule has 0 unspecified atom stereocenters. The van der Waals surface area contributed by atoms with E-state index in [1.54, 1.807) is 12.1 Å². The fourth-order valence-corrected chi connectivity index (χ4v) is 5.05. The first-order valence-electron chi connectivity index (χ1n) is 7.09. The predicted octanol–water partition coefficient (Wildman–Crippen LogP) is 4.86. The number of benzene rings is 1. The van der Waals surface area contributed by atoms with E-state index in [0.717, 1.165) is 30.4 Å². The van der Waals surface area contributed by atoms with Crippen LogP contribution in [0.1, 0.15) is 35.4 Å². The fourth-order valence-electron chi connectivity index (χ4n) is 2.77. The van der Waals surface area contributed by atoms with Gasteiger partial charge in [-0.25, -0.2) is 0 Å². The number of hydrogen-bond donors (Lipinski definition) is 2. The lowest BCUT2D eigenvalue weighted by Crippen LogP contribution is -2.40. The van der Waals surface area contributed by atoms with E-state index in [9.17, 15) is 4.79 Å². The molecule has 1 heterocycles. The van der Waals surface area contributed by atoms with Crippen molar-refractivity contribution in [2.75, 3.05) is 0 Å². The van der Waals surface area contributed by atoms with Gasteiger partial charge in [0.05, 0.1) is 10.0 Å². The highest BCUT2D eigenvalue weighted by molar-refractivity contribution is 7.21. The predicted molar refractivity (Wildman–Crippen MR) is 94.6 cm³/mol. The summed E-state index contributed by atoms with van der Waals surface area (Å²) in [5, 5.41) is 5.13. The summed E-state index contributed by atoms with van der Waals surface area (Å²) in [7, 11) is 0.